The highest BCUT2D eigenvalue weighted by Gasteiger charge is 2.37. The van der Waals surface area contributed by atoms with Gasteiger partial charge < -0.3 is 10.2 Å². The molecule has 0 aliphatic heterocycles. The number of hydrogen-bond donors (Lipinski definition) is 2. The second-order valence-corrected chi connectivity index (χ2v) is 14.0. The second-order valence-electron chi connectivity index (χ2n) is 14.0. The third kappa shape index (κ3) is 7.35. The lowest BCUT2D eigenvalue weighted by atomic mass is 9.68. The third-order valence-corrected chi connectivity index (χ3v) is 9.57. The Labute approximate surface area is 260 Å². The molecule has 4 rings (SSSR count). The van der Waals surface area contributed by atoms with Gasteiger partial charge in [-0.2, -0.15) is 5.26 Å². The Balaban J connectivity index is 2.07. The van der Waals surface area contributed by atoms with Crippen LogP contribution in [0.15, 0.2) is 66.2 Å². The quantitative estimate of drug-likeness (QED) is 0.210. The van der Waals surface area contributed by atoms with Crippen LogP contribution in [-0.2, 0) is 18.3 Å². The highest BCUT2D eigenvalue weighted by molar-refractivity contribution is 5.83. The Morgan fingerprint density at radius 3 is 1.84 bits per heavy atom. The van der Waals surface area contributed by atoms with Crippen LogP contribution in [0.1, 0.15) is 126 Å². The zero-order chi connectivity index (χ0) is 31.2. The molecule has 0 spiro atoms. The van der Waals surface area contributed by atoms with Crippen molar-refractivity contribution >= 4 is 5.57 Å². The van der Waals surface area contributed by atoms with Gasteiger partial charge in [0.05, 0.1) is 17.0 Å². The van der Waals surface area contributed by atoms with E-state index in [0.29, 0.717) is 24.3 Å². The molecule has 0 bridgehead atoms. The van der Waals surface area contributed by atoms with Crippen LogP contribution in [0, 0.1) is 22.7 Å². The molecule has 0 aromatic heterocycles. The standard InChI is InChI=1S/C40H51NO2/c1-7-8-9-16-23-39(3,4)36-32(25-29-17-12-10-13-18-29)37(42)35(38(43)33(36)26-30-19-14-11-15-20-30)31-24-28(2)21-22-34(31)40(5,6)27-41/h10-15,17-20,28,42-43H,7-9,16,21-26H2,1-6H3. The lowest BCUT2D eigenvalue weighted by Crippen LogP contribution is -2.24. The van der Waals surface area contributed by atoms with Gasteiger partial charge in [0.2, 0.25) is 0 Å². The average Bonchev–Trinajstić information content (AvgIpc) is 2.99. The summed E-state index contributed by atoms with van der Waals surface area (Å²) in [5, 5.41) is 35.0. The van der Waals surface area contributed by atoms with Crippen molar-refractivity contribution in [3.05, 3.63) is 99.6 Å². The van der Waals surface area contributed by atoms with Gasteiger partial charge in [0, 0.05) is 24.0 Å². The molecule has 0 saturated carbocycles. The minimum absolute atomic E-state index is 0.185. The van der Waals surface area contributed by atoms with Gasteiger partial charge in [0.1, 0.15) is 11.5 Å². The first-order valence-electron chi connectivity index (χ1n) is 16.3. The first kappa shape index (κ1) is 32.4. The fraction of sp³-hybridized carbons (Fsp3) is 0.475. The molecular weight excluding hydrogens is 526 g/mol. The van der Waals surface area contributed by atoms with Crippen LogP contribution in [0.4, 0.5) is 0 Å². The molecule has 1 atom stereocenters. The Kier molecular flexibility index (Phi) is 10.4. The lowest BCUT2D eigenvalue weighted by Gasteiger charge is -2.36. The van der Waals surface area contributed by atoms with Crippen LogP contribution in [0.2, 0.25) is 0 Å². The lowest BCUT2D eigenvalue weighted by molar-refractivity contribution is 0.407. The van der Waals surface area contributed by atoms with Crippen LogP contribution in [-0.4, -0.2) is 10.2 Å². The minimum Gasteiger partial charge on any atom is -0.507 e. The van der Waals surface area contributed by atoms with Gasteiger partial charge in [-0.05, 0) is 78.7 Å². The van der Waals surface area contributed by atoms with E-state index < -0.39 is 5.41 Å². The number of benzene rings is 3. The molecule has 0 radical (unpaired) electrons. The van der Waals surface area contributed by atoms with Gasteiger partial charge in [-0.1, -0.05) is 114 Å². The van der Waals surface area contributed by atoms with Crippen molar-refractivity contribution in [1.29, 1.82) is 5.26 Å². The molecule has 3 nitrogen and oxygen atoms in total. The fourth-order valence-electron chi connectivity index (χ4n) is 7.12. The molecule has 3 aromatic carbocycles. The Hall–Kier alpha value is -3.51. The maximum atomic E-state index is 12.4. The number of phenols is 2. The predicted octanol–water partition coefficient (Wildman–Crippen LogP) is 10.7. The first-order chi connectivity index (χ1) is 20.5. The topological polar surface area (TPSA) is 64.2 Å². The maximum absolute atomic E-state index is 12.4. The molecule has 2 N–H and O–H groups in total. The molecule has 0 saturated heterocycles. The van der Waals surface area contributed by atoms with Gasteiger partial charge in [0.15, 0.2) is 0 Å². The monoisotopic (exact) mass is 577 g/mol. The van der Waals surface area contributed by atoms with E-state index in [2.05, 4.69) is 58.0 Å². The number of aromatic hydroxyl groups is 2. The molecule has 0 fully saturated rings. The number of allylic oxidation sites excluding steroid dienone is 2. The average molecular weight is 578 g/mol. The number of rotatable bonds is 12. The smallest absolute Gasteiger partial charge is 0.130 e. The number of phenolic OH excluding ortho intramolecular Hbond substituents is 2. The van der Waals surface area contributed by atoms with E-state index >= 15 is 0 Å². The predicted molar refractivity (Wildman–Crippen MR) is 179 cm³/mol. The van der Waals surface area contributed by atoms with E-state index in [1.807, 2.05) is 50.2 Å². The van der Waals surface area contributed by atoms with Crippen molar-refractivity contribution in [2.75, 3.05) is 0 Å². The minimum atomic E-state index is -0.690. The van der Waals surface area contributed by atoms with Gasteiger partial charge in [-0.15, -0.1) is 0 Å². The highest BCUT2D eigenvalue weighted by atomic mass is 16.3. The second kappa shape index (κ2) is 13.9. The summed E-state index contributed by atoms with van der Waals surface area (Å²) in [5.41, 5.74) is 6.74. The van der Waals surface area contributed by atoms with Crippen LogP contribution < -0.4 is 0 Å². The van der Waals surface area contributed by atoms with Crippen molar-refractivity contribution < 1.29 is 10.2 Å². The fourth-order valence-corrected chi connectivity index (χ4v) is 7.12. The summed E-state index contributed by atoms with van der Waals surface area (Å²) in [6.45, 7) is 13.0. The molecule has 1 unspecified atom stereocenters. The van der Waals surface area contributed by atoms with E-state index in [4.69, 9.17) is 0 Å². The molecule has 43 heavy (non-hydrogen) atoms. The summed E-state index contributed by atoms with van der Waals surface area (Å²) >= 11 is 0. The van der Waals surface area contributed by atoms with Gasteiger partial charge in [-0.3, -0.25) is 0 Å². The van der Waals surface area contributed by atoms with Crippen LogP contribution in [0.25, 0.3) is 5.57 Å². The SMILES string of the molecule is CCCCCCC(C)(C)c1c(Cc2ccccc2)c(O)c(C2=C(C(C)(C)C#N)CCC(C)C2)c(O)c1Cc1ccccc1. The van der Waals surface area contributed by atoms with E-state index in [-0.39, 0.29) is 16.9 Å². The summed E-state index contributed by atoms with van der Waals surface area (Å²) in [7, 11) is 0. The molecule has 0 amide bonds. The number of unbranched alkanes of at least 4 members (excludes halogenated alkanes) is 3. The molecule has 1 aliphatic carbocycles. The van der Waals surface area contributed by atoms with Gasteiger partial charge in [0.25, 0.3) is 0 Å². The Bertz CT molecular complexity index is 1390. The molecule has 0 heterocycles. The van der Waals surface area contributed by atoms with Gasteiger partial charge >= 0.3 is 0 Å². The van der Waals surface area contributed by atoms with E-state index in [9.17, 15) is 15.5 Å². The maximum Gasteiger partial charge on any atom is 0.130 e. The zero-order valence-electron chi connectivity index (χ0n) is 27.3. The zero-order valence-corrected chi connectivity index (χ0v) is 27.3. The van der Waals surface area contributed by atoms with E-state index in [1.165, 1.54) is 19.3 Å². The van der Waals surface area contributed by atoms with Gasteiger partial charge in [-0.25, -0.2) is 0 Å². The number of nitrogens with zero attached hydrogens (tertiary/aromatic N) is 1. The third-order valence-electron chi connectivity index (χ3n) is 9.57. The van der Waals surface area contributed by atoms with Crippen molar-refractivity contribution in [2.45, 2.75) is 111 Å². The van der Waals surface area contributed by atoms with Crippen molar-refractivity contribution in [3.63, 3.8) is 0 Å². The van der Waals surface area contributed by atoms with E-state index in [1.54, 1.807) is 0 Å². The summed E-state index contributed by atoms with van der Waals surface area (Å²) in [5.74, 6) is 0.771. The van der Waals surface area contributed by atoms with Crippen molar-refractivity contribution in [1.82, 2.24) is 0 Å². The van der Waals surface area contributed by atoms with Crippen LogP contribution in [0.3, 0.4) is 0 Å². The molecule has 3 heteroatoms. The molecular formula is C40H51NO2. The van der Waals surface area contributed by atoms with Crippen molar-refractivity contribution in [2.24, 2.45) is 11.3 Å². The first-order valence-corrected chi connectivity index (χ1v) is 16.3. The number of hydrogen-bond acceptors (Lipinski definition) is 3. The largest absolute Gasteiger partial charge is 0.507 e. The van der Waals surface area contributed by atoms with Crippen molar-refractivity contribution in [3.8, 4) is 17.6 Å². The summed E-state index contributed by atoms with van der Waals surface area (Å²) < 4.78 is 0. The molecule has 228 valence electrons. The summed E-state index contributed by atoms with van der Waals surface area (Å²) in [6.07, 6.45) is 9.33. The number of nitriles is 1. The highest BCUT2D eigenvalue weighted by Crippen LogP contribution is 2.53. The normalized spacial score (nSPS) is 15.9. The summed E-state index contributed by atoms with van der Waals surface area (Å²) in [6, 6.07) is 23.2. The van der Waals surface area contributed by atoms with Crippen LogP contribution >= 0.6 is 0 Å². The summed E-state index contributed by atoms with van der Waals surface area (Å²) in [4.78, 5) is 0. The van der Waals surface area contributed by atoms with Crippen LogP contribution in [0.5, 0.6) is 11.5 Å². The Morgan fingerprint density at radius 2 is 1.35 bits per heavy atom. The Morgan fingerprint density at radius 1 is 0.814 bits per heavy atom. The molecule has 1 aliphatic rings. The molecule has 3 aromatic rings. The van der Waals surface area contributed by atoms with E-state index in [0.717, 1.165) is 71.1 Å².